The van der Waals surface area contributed by atoms with Gasteiger partial charge >= 0.3 is 14.2 Å². The molecular weight excluding hydrogens is 1130 g/mol. The zero-order valence-corrected chi connectivity index (χ0v) is 48.8. The second-order valence-corrected chi connectivity index (χ2v) is 27.1. The highest BCUT2D eigenvalue weighted by atomic mass is 79.9. The third-order valence-corrected chi connectivity index (χ3v) is 20.2. The molecular formula is C58H50B2Br2O8S4. The van der Waals surface area contributed by atoms with E-state index < -0.39 is 23.1 Å². The Hall–Kier alpha value is -4.71. The fourth-order valence-corrected chi connectivity index (χ4v) is 13.6. The standard InChI is InChI=1S/C24H16O2S2.C20H28B2O4S2.C14H6Br2O2/c1-13-3-6-16-18(11-13)19-12-15(5-7-17(19)24(26)23(16)25)20-9-10-22(28-20)21-8-4-14(2)27-21;1-17(2)18(3,4)24-21(23-17)15-11-9-13(27-15)14-10-12-16(28-14)22-25-19(5,6)20(7,8)26-22;15-7-1-3-9-11(5-7)12-6-8(16)2-4-10(12)14(18)13(9)17/h3-12H,1-2H3;9-12H,1-8H3;1-6H. The molecule has 2 saturated heterocycles. The predicted octanol–water partition coefficient (Wildman–Crippen LogP) is 15.1. The molecule has 374 valence electrons. The van der Waals surface area contributed by atoms with E-state index in [9.17, 15) is 19.2 Å². The van der Waals surface area contributed by atoms with Gasteiger partial charge in [0.2, 0.25) is 23.1 Å². The normalized spacial score (nSPS) is 17.5. The van der Waals surface area contributed by atoms with E-state index in [2.05, 4.69) is 143 Å². The van der Waals surface area contributed by atoms with Crippen molar-refractivity contribution in [3.05, 3.63) is 163 Å². The van der Waals surface area contributed by atoms with E-state index in [0.717, 1.165) is 56.8 Å². The molecule has 4 aromatic carbocycles. The summed E-state index contributed by atoms with van der Waals surface area (Å²) in [6.45, 7) is 20.8. The SMILES string of the molecule is CC1(C)OB(c2ccc(-c3ccc(B4OC(C)(C)C(C)(C)O4)s3)s2)OC1(C)C.Cc1ccc2c(c1)-c1cc(-c3ccc(-c4ccc(C)s4)s3)ccc1C(=O)C2=O.O=C1C(=O)c2ccc(Br)cc2-c2cc(Br)ccc21. The Morgan fingerprint density at radius 3 is 1.16 bits per heavy atom. The Balaban J connectivity index is 0.000000130. The first kappa shape index (κ1) is 52.7. The van der Waals surface area contributed by atoms with Gasteiger partial charge in [-0.2, -0.15) is 0 Å². The topological polar surface area (TPSA) is 105 Å². The number of thiophene rings is 4. The van der Waals surface area contributed by atoms with E-state index in [1.165, 1.54) is 24.4 Å². The van der Waals surface area contributed by atoms with E-state index in [-0.39, 0.29) is 36.6 Å². The summed E-state index contributed by atoms with van der Waals surface area (Å²) in [4.78, 5) is 56.4. The van der Waals surface area contributed by atoms with E-state index in [1.807, 2.05) is 43.3 Å². The minimum atomic E-state index is -0.438. The first-order valence-electron chi connectivity index (χ1n) is 24.0. The maximum absolute atomic E-state index is 12.6. The van der Waals surface area contributed by atoms with Gasteiger partial charge in [-0.25, -0.2) is 0 Å². The number of carbonyl (C=O) groups excluding carboxylic acids is 4. The number of Topliss-reactive ketones (excluding diaryl/α,β-unsaturated/α-hetero) is 4. The molecule has 12 rings (SSSR count). The highest BCUT2D eigenvalue weighted by Crippen LogP contribution is 2.43. The molecule has 16 heteroatoms. The average molecular weight is 1180 g/mol. The van der Waals surface area contributed by atoms with E-state index in [0.29, 0.717) is 22.3 Å². The van der Waals surface area contributed by atoms with Crippen molar-refractivity contribution in [3.8, 4) is 52.2 Å². The minimum absolute atomic E-state index is 0.314. The van der Waals surface area contributed by atoms with Crippen LogP contribution in [0.1, 0.15) is 107 Å². The van der Waals surface area contributed by atoms with Crippen molar-refractivity contribution in [1.29, 1.82) is 0 Å². The number of aryl methyl sites for hydroxylation is 2. The van der Waals surface area contributed by atoms with Gasteiger partial charge in [-0.05, 0) is 182 Å². The van der Waals surface area contributed by atoms with Crippen LogP contribution in [0.15, 0.2) is 130 Å². The number of ketones is 4. The third kappa shape index (κ3) is 9.85. The molecule has 0 radical (unpaired) electrons. The summed E-state index contributed by atoms with van der Waals surface area (Å²) in [5.74, 6) is -1.71. The highest BCUT2D eigenvalue weighted by molar-refractivity contribution is 9.10. The monoisotopic (exact) mass is 1180 g/mol. The van der Waals surface area contributed by atoms with Crippen LogP contribution in [0.5, 0.6) is 0 Å². The van der Waals surface area contributed by atoms with Crippen LogP contribution in [-0.2, 0) is 18.6 Å². The van der Waals surface area contributed by atoms with Crippen molar-refractivity contribution < 1.29 is 37.8 Å². The van der Waals surface area contributed by atoms with Crippen molar-refractivity contribution >= 4 is 124 Å². The van der Waals surface area contributed by atoms with Crippen molar-refractivity contribution in [1.82, 2.24) is 0 Å². The first-order chi connectivity index (χ1) is 34.9. The number of halogens is 2. The first-order valence-corrected chi connectivity index (χ1v) is 28.9. The fourth-order valence-electron chi connectivity index (χ4n) is 8.90. The van der Waals surface area contributed by atoms with Gasteiger partial charge in [-0.15, -0.1) is 45.3 Å². The number of hydrogen-bond donors (Lipinski definition) is 0. The molecule has 0 saturated carbocycles. The number of benzene rings is 4. The Labute approximate surface area is 465 Å². The van der Waals surface area contributed by atoms with Gasteiger partial charge in [0, 0.05) is 70.0 Å². The smallest absolute Gasteiger partial charge is 0.399 e. The molecule has 4 aliphatic rings. The summed E-state index contributed by atoms with van der Waals surface area (Å²) < 4.78 is 28.7. The summed E-state index contributed by atoms with van der Waals surface area (Å²) in [5, 5.41) is 0. The molecule has 0 bridgehead atoms. The summed E-state index contributed by atoms with van der Waals surface area (Å²) >= 11 is 13.8. The second kappa shape index (κ2) is 19.7. The summed E-state index contributed by atoms with van der Waals surface area (Å²) in [5.41, 5.74) is 6.07. The van der Waals surface area contributed by atoms with Crippen LogP contribution in [-0.4, -0.2) is 59.8 Å². The van der Waals surface area contributed by atoms with Crippen molar-refractivity contribution in [3.63, 3.8) is 0 Å². The lowest BCUT2D eigenvalue weighted by atomic mass is 9.82. The Kier molecular flexibility index (Phi) is 14.0. The number of hydrogen-bond acceptors (Lipinski definition) is 12. The fraction of sp³-hybridized carbons (Fsp3) is 0.241. The molecule has 0 atom stereocenters. The van der Waals surface area contributed by atoms with Gasteiger partial charge in [-0.3, -0.25) is 19.2 Å². The molecule has 8 aromatic rings. The number of carbonyl (C=O) groups is 4. The molecule has 2 fully saturated rings. The maximum Gasteiger partial charge on any atom is 0.505 e. The lowest BCUT2D eigenvalue weighted by Gasteiger charge is -2.32. The average Bonchev–Trinajstić information content (AvgIpc) is 4.22. The van der Waals surface area contributed by atoms with Crippen LogP contribution < -0.4 is 9.55 Å². The van der Waals surface area contributed by atoms with Gasteiger partial charge in [0.1, 0.15) is 0 Å². The van der Waals surface area contributed by atoms with Gasteiger partial charge in [0.25, 0.3) is 0 Å². The second-order valence-electron chi connectivity index (χ2n) is 20.7. The summed E-state index contributed by atoms with van der Waals surface area (Å²) in [6, 6.07) is 39.2. The number of rotatable bonds is 5. The Bertz CT molecular complexity index is 3430. The van der Waals surface area contributed by atoms with Crippen molar-refractivity contribution in [2.75, 3.05) is 0 Å². The van der Waals surface area contributed by atoms with Crippen LogP contribution >= 0.6 is 77.2 Å². The van der Waals surface area contributed by atoms with Gasteiger partial charge < -0.3 is 18.6 Å². The zero-order chi connectivity index (χ0) is 52.8. The van der Waals surface area contributed by atoms with Gasteiger partial charge in [0.15, 0.2) is 0 Å². The van der Waals surface area contributed by atoms with Crippen LogP contribution in [0.4, 0.5) is 0 Å². The van der Waals surface area contributed by atoms with Crippen LogP contribution in [0.3, 0.4) is 0 Å². The molecule has 0 amide bonds. The van der Waals surface area contributed by atoms with E-state index >= 15 is 0 Å². The molecule has 6 heterocycles. The largest absolute Gasteiger partial charge is 0.505 e. The molecule has 8 nitrogen and oxygen atoms in total. The predicted molar refractivity (Wildman–Crippen MR) is 312 cm³/mol. The van der Waals surface area contributed by atoms with Gasteiger partial charge in [-0.1, -0.05) is 73.8 Å². The van der Waals surface area contributed by atoms with Crippen molar-refractivity contribution in [2.24, 2.45) is 0 Å². The summed E-state index contributed by atoms with van der Waals surface area (Å²) in [7, 11) is -0.627. The molecule has 0 unspecified atom stereocenters. The van der Waals surface area contributed by atoms with Crippen LogP contribution in [0.2, 0.25) is 0 Å². The highest BCUT2D eigenvalue weighted by Gasteiger charge is 2.53. The Morgan fingerprint density at radius 1 is 0.365 bits per heavy atom. The maximum atomic E-state index is 12.6. The molecule has 2 aliphatic heterocycles. The van der Waals surface area contributed by atoms with Crippen LogP contribution in [0, 0.1) is 13.8 Å². The van der Waals surface area contributed by atoms with E-state index in [4.69, 9.17) is 18.6 Å². The molecule has 0 N–H and O–H groups in total. The minimum Gasteiger partial charge on any atom is -0.399 e. The lowest BCUT2D eigenvalue weighted by molar-refractivity contribution is 0.00578. The quantitative estimate of drug-likeness (QED) is 0.124. The molecule has 4 aromatic heterocycles. The molecule has 2 aliphatic carbocycles. The summed E-state index contributed by atoms with van der Waals surface area (Å²) in [6.07, 6.45) is 0. The van der Waals surface area contributed by atoms with E-state index in [1.54, 1.807) is 81.7 Å². The van der Waals surface area contributed by atoms with Crippen LogP contribution in [0.25, 0.3) is 52.2 Å². The van der Waals surface area contributed by atoms with Gasteiger partial charge in [0.05, 0.1) is 22.4 Å². The molecule has 0 spiro atoms. The molecule has 74 heavy (non-hydrogen) atoms. The van der Waals surface area contributed by atoms with Crippen molar-refractivity contribution in [2.45, 2.75) is 91.6 Å². The Morgan fingerprint density at radius 2 is 0.716 bits per heavy atom. The zero-order valence-electron chi connectivity index (χ0n) is 42.4. The lowest BCUT2D eigenvalue weighted by Crippen LogP contribution is -2.41. The third-order valence-electron chi connectivity index (χ3n) is 14.5. The number of fused-ring (bicyclic) bond motifs is 6.